The Morgan fingerprint density at radius 3 is 1.35 bits per heavy atom. The third kappa shape index (κ3) is 7.62. The lowest BCUT2D eigenvalue weighted by Gasteiger charge is -2.11. The molecule has 0 aliphatic heterocycles. The van der Waals surface area contributed by atoms with Gasteiger partial charge >= 0.3 is 11.9 Å². The van der Waals surface area contributed by atoms with Gasteiger partial charge in [0.25, 0.3) is 0 Å². The van der Waals surface area contributed by atoms with E-state index in [1.165, 1.54) is 26.4 Å². The molecule has 7 nitrogen and oxygen atoms in total. The van der Waals surface area contributed by atoms with Gasteiger partial charge in [-0.15, -0.1) is 0 Å². The number of hydrogen-bond donors (Lipinski definition) is 0. The van der Waals surface area contributed by atoms with Crippen molar-refractivity contribution in [1.29, 1.82) is 0 Å². The summed E-state index contributed by atoms with van der Waals surface area (Å²) in [7, 11) is 2.96. The van der Waals surface area contributed by atoms with Crippen molar-refractivity contribution < 1.29 is 33.3 Å². The van der Waals surface area contributed by atoms with E-state index in [0.717, 1.165) is 0 Å². The minimum atomic E-state index is -0.357. The Kier molecular flexibility index (Phi) is 9.62. The van der Waals surface area contributed by atoms with Crippen LogP contribution in [0.2, 0.25) is 0 Å². The van der Waals surface area contributed by atoms with Crippen LogP contribution in [0.5, 0.6) is 23.0 Å². The van der Waals surface area contributed by atoms with Gasteiger partial charge in [-0.1, -0.05) is 52.0 Å². The van der Waals surface area contributed by atoms with E-state index < -0.39 is 0 Å². The van der Waals surface area contributed by atoms with E-state index in [0.29, 0.717) is 34.1 Å². The molecule has 0 saturated carbocycles. The molecule has 0 radical (unpaired) electrons. The number of carbonyl (C=O) groups excluding carboxylic acids is 3. The Hall–Kier alpha value is -3.87. The van der Waals surface area contributed by atoms with Crippen molar-refractivity contribution in [3.05, 3.63) is 59.7 Å². The van der Waals surface area contributed by atoms with Crippen LogP contribution in [-0.2, 0) is 14.4 Å². The van der Waals surface area contributed by atoms with Crippen LogP contribution >= 0.6 is 0 Å². The highest BCUT2D eigenvalue weighted by atomic mass is 16.6. The number of allylic oxidation sites excluding steroid dienone is 2. The highest BCUT2D eigenvalue weighted by Gasteiger charge is 2.14. The smallest absolute Gasteiger partial charge is 0.313 e. The van der Waals surface area contributed by atoms with E-state index in [-0.39, 0.29) is 29.6 Å². The standard InChI is InChI=1S/C27H30O7/c1-17(2)26(29)33-22-13-9-19(15-24(22)31-5)7-11-21(28)12-8-20-10-14-23(25(16-20)32-6)34-27(30)18(3)4/h7-18H,1-6H3/b11-7+,12-8+. The lowest BCUT2D eigenvalue weighted by Crippen LogP contribution is -2.15. The molecule has 0 heterocycles. The van der Waals surface area contributed by atoms with Crippen LogP contribution in [0.25, 0.3) is 12.2 Å². The molecule has 0 fully saturated rings. The summed E-state index contributed by atoms with van der Waals surface area (Å²) in [6.07, 6.45) is 6.11. The van der Waals surface area contributed by atoms with Crippen molar-refractivity contribution in [3.63, 3.8) is 0 Å². The van der Waals surface area contributed by atoms with Gasteiger partial charge in [0.15, 0.2) is 28.8 Å². The first kappa shape index (κ1) is 26.4. The minimum absolute atomic E-state index is 0.233. The van der Waals surface area contributed by atoms with Crippen LogP contribution in [0.15, 0.2) is 48.6 Å². The maximum Gasteiger partial charge on any atom is 0.313 e. The van der Waals surface area contributed by atoms with E-state index in [2.05, 4.69) is 0 Å². The van der Waals surface area contributed by atoms with Crippen molar-refractivity contribution in [2.75, 3.05) is 14.2 Å². The first-order chi connectivity index (χ1) is 16.1. The highest BCUT2D eigenvalue weighted by Crippen LogP contribution is 2.30. The van der Waals surface area contributed by atoms with Gasteiger partial charge in [0.2, 0.25) is 0 Å². The third-order valence-electron chi connectivity index (χ3n) is 4.62. The number of esters is 2. The van der Waals surface area contributed by atoms with Gasteiger partial charge in [-0.25, -0.2) is 0 Å². The monoisotopic (exact) mass is 466 g/mol. The lowest BCUT2D eigenvalue weighted by molar-refractivity contribution is -0.138. The molecule has 0 spiro atoms. The molecule has 0 amide bonds. The Morgan fingerprint density at radius 2 is 1.03 bits per heavy atom. The topological polar surface area (TPSA) is 88.1 Å². The minimum Gasteiger partial charge on any atom is -0.493 e. The summed E-state index contributed by atoms with van der Waals surface area (Å²) >= 11 is 0. The second kappa shape index (κ2) is 12.4. The SMILES string of the molecule is COc1cc(/C=C/C(=O)/C=C/c2ccc(OC(=O)C(C)C)c(OC)c2)ccc1OC(=O)C(C)C. The summed E-state index contributed by atoms with van der Waals surface area (Å²) in [5.74, 6) is -0.0474. The maximum absolute atomic E-state index is 12.3. The Labute approximate surface area is 200 Å². The van der Waals surface area contributed by atoms with Crippen molar-refractivity contribution >= 4 is 29.9 Å². The molecule has 0 atom stereocenters. The number of ketones is 1. The zero-order chi connectivity index (χ0) is 25.3. The van der Waals surface area contributed by atoms with E-state index in [1.54, 1.807) is 76.2 Å². The molecule has 0 bridgehead atoms. The first-order valence-electron chi connectivity index (χ1n) is 10.8. The summed E-state index contributed by atoms with van der Waals surface area (Å²) in [5, 5.41) is 0. The average Bonchev–Trinajstić information content (AvgIpc) is 2.82. The summed E-state index contributed by atoms with van der Waals surface area (Å²) in [4.78, 5) is 36.0. The Bertz CT molecular complexity index is 1010. The predicted octanol–water partition coefficient (Wildman–Crippen LogP) is 5.12. The summed E-state index contributed by atoms with van der Waals surface area (Å²) in [5.41, 5.74) is 1.42. The fourth-order valence-corrected chi connectivity index (χ4v) is 2.61. The molecule has 180 valence electrons. The zero-order valence-electron chi connectivity index (χ0n) is 20.3. The van der Waals surface area contributed by atoms with Gasteiger partial charge in [-0.3, -0.25) is 14.4 Å². The lowest BCUT2D eigenvalue weighted by atomic mass is 10.1. The van der Waals surface area contributed by atoms with Crippen LogP contribution in [-0.4, -0.2) is 31.9 Å². The second-order valence-electron chi connectivity index (χ2n) is 8.04. The van der Waals surface area contributed by atoms with Gasteiger partial charge in [-0.2, -0.15) is 0 Å². The molecular weight excluding hydrogens is 436 g/mol. The maximum atomic E-state index is 12.3. The van der Waals surface area contributed by atoms with E-state index in [1.807, 2.05) is 0 Å². The molecular formula is C27H30O7. The molecule has 0 unspecified atom stereocenters. The number of ether oxygens (including phenoxy) is 4. The number of rotatable bonds is 10. The number of hydrogen-bond acceptors (Lipinski definition) is 7. The van der Waals surface area contributed by atoms with Crippen molar-refractivity contribution in [2.45, 2.75) is 27.7 Å². The van der Waals surface area contributed by atoms with Gasteiger partial charge in [0.05, 0.1) is 26.1 Å². The van der Waals surface area contributed by atoms with Crippen LogP contribution in [0, 0.1) is 11.8 Å². The Balaban J connectivity index is 2.09. The predicted molar refractivity (Wildman–Crippen MR) is 130 cm³/mol. The number of carbonyl (C=O) groups is 3. The summed E-state index contributed by atoms with van der Waals surface area (Å²) in [6, 6.07) is 10.1. The first-order valence-corrected chi connectivity index (χ1v) is 10.8. The largest absolute Gasteiger partial charge is 0.493 e. The molecule has 0 N–H and O–H groups in total. The Morgan fingerprint density at radius 1 is 0.647 bits per heavy atom. The third-order valence-corrected chi connectivity index (χ3v) is 4.62. The van der Waals surface area contributed by atoms with Crippen LogP contribution < -0.4 is 18.9 Å². The van der Waals surface area contributed by atoms with Crippen LogP contribution in [0.3, 0.4) is 0 Å². The molecule has 2 rings (SSSR count). The molecule has 2 aromatic carbocycles. The van der Waals surface area contributed by atoms with Crippen molar-refractivity contribution in [1.82, 2.24) is 0 Å². The van der Waals surface area contributed by atoms with E-state index in [4.69, 9.17) is 18.9 Å². The molecule has 0 aromatic heterocycles. The molecule has 0 aliphatic carbocycles. The van der Waals surface area contributed by atoms with Gasteiger partial charge < -0.3 is 18.9 Å². The summed E-state index contributed by atoms with van der Waals surface area (Å²) < 4.78 is 21.2. The highest BCUT2D eigenvalue weighted by molar-refractivity contribution is 6.04. The van der Waals surface area contributed by atoms with Crippen molar-refractivity contribution in [3.8, 4) is 23.0 Å². The normalized spacial score (nSPS) is 11.3. The molecule has 2 aromatic rings. The summed E-state index contributed by atoms with van der Waals surface area (Å²) in [6.45, 7) is 6.99. The second-order valence-corrected chi connectivity index (χ2v) is 8.04. The number of benzene rings is 2. The molecule has 7 heteroatoms. The van der Waals surface area contributed by atoms with Gasteiger partial charge in [0, 0.05) is 0 Å². The fraction of sp³-hybridized carbons (Fsp3) is 0.296. The van der Waals surface area contributed by atoms with Gasteiger partial charge in [-0.05, 0) is 47.5 Å². The fourth-order valence-electron chi connectivity index (χ4n) is 2.61. The van der Waals surface area contributed by atoms with E-state index in [9.17, 15) is 14.4 Å². The van der Waals surface area contributed by atoms with Crippen LogP contribution in [0.4, 0.5) is 0 Å². The quantitative estimate of drug-likeness (QED) is 0.273. The molecule has 34 heavy (non-hydrogen) atoms. The van der Waals surface area contributed by atoms with Gasteiger partial charge in [0.1, 0.15) is 0 Å². The zero-order valence-corrected chi connectivity index (χ0v) is 20.3. The number of methoxy groups -OCH3 is 2. The van der Waals surface area contributed by atoms with E-state index >= 15 is 0 Å². The average molecular weight is 467 g/mol. The molecule has 0 saturated heterocycles. The van der Waals surface area contributed by atoms with Crippen molar-refractivity contribution in [2.24, 2.45) is 11.8 Å². The molecule has 0 aliphatic rings. The van der Waals surface area contributed by atoms with Crippen LogP contribution in [0.1, 0.15) is 38.8 Å².